The minimum Gasteiger partial charge on any atom is -0.309 e. The average Bonchev–Trinajstić information content (AvgIpc) is 2.83. The second-order valence-electron chi connectivity index (χ2n) is 8.98. The molecule has 1 N–H and O–H groups in total. The van der Waals surface area contributed by atoms with E-state index in [1.807, 2.05) is 0 Å². The zero-order valence-electron chi connectivity index (χ0n) is 14.7. The Balaban J connectivity index is 1.66. The van der Waals surface area contributed by atoms with E-state index in [0.29, 0.717) is 29.5 Å². The topological polar surface area (TPSA) is 40.9 Å². The van der Waals surface area contributed by atoms with Crippen LogP contribution in [0.3, 0.4) is 0 Å². The molecule has 7 atom stereocenters. The Labute approximate surface area is 140 Å². The Kier molecular flexibility index (Phi) is 3.59. The Morgan fingerprint density at radius 2 is 1.96 bits per heavy atom. The minimum atomic E-state index is -0.0280. The molecule has 0 bridgehead atoms. The number of allylic oxidation sites excluding steroid dienone is 1. The molecule has 2 heteroatoms. The number of hydrogen-bond donors (Lipinski definition) is 1. The first-order chi connectivity index (χ1) is 11.0. The molecule has 4 saturated carbocycles. The van der Waals surface area contributed by atoms with Crippen molar-refractivity contribution in [1.82, 2.24) is 0 Å². The molecule has 5 unspecified atom stereocenters. The van der Waals surface area contributed by atoms with Gasteiger partial charge in [0.05, 0.1) is 0 Å². The first-order valence-electron chi connectivity index (χ1n) is 9.75. The molecule has 4 aliphatic carbocycles. The molecule has 4 aliphatic rings. The summed E-state index contributed by atoms with van der Waals surface area (Å²) in [7, 11) is 0. The summed E-state index contributed by atoms with van der Waals surface area (Å²) in [6, 6.07) is 0. The van der Waals surface area contributed by atoms with Crippen LogP contribution in [0.15, 0.2) is 12.2 Å². The highest BCUT2D eigenvalue weighted by molar-refractivity contribution is 5.87. The van der Waals surface area contributed by atoms with E-state index in [-0.39, 0.29) is 5.41 Å². The number of hydrogen-bond acceptors (Lipinski definition) is 2. The Morgan fingerprint density at radius 1 is 1.17 bits per heavy atom. The van der Waals surface area contributed by atoms with Crippen molar-refractivity contribution in [2.45, 2.75) is 65.2 Å². The zero-order valence-corrected chi connectivity index (χ0v) is 14.7. The first kappa shape index (κ1) is 15.6. The summed E-state index contributed by atoms with van der Waals surface area (Å²) in [5, 5.41) is 8.38. The van der Waals surface area contributed by atoms with Crippen molar-refractivity contribution in [1.29, 1.82) is 5.41 Å². The van der Waals surface area contributed by atoms with Gasteiger partial charge in [0.1, 0.15) is 5.78 Å². The molecule has 0 aromatic rings. The van der Waals surface area contributed by atoms with Crippen molar-refractivity contribution in [2.24, 2.45) is 40.9 Å². The van der Waals surface area contributed by atoms with Crippen LogP contribution in [0.1, 0.15) is 65.2 Å². The van der Waals surface area contributed by atoms with E-state index in [4.69, 9.17) is 5.41 Å². The molecule has 0 radical (unpaired) electrons. The van der Waals surface area contributed by atoms with Gasteiger partial charge in [-0.3, -0.25) is 4.79 Å². The molecule has 23 heavy (non-hydrogen) atoms. The van der Waals surface area contributed by atoms with Crippen LogP contribution in [0, 0.1) is 46.3 Å². The molecule has 0 aromatic carbocycles. The largest absolute Gasteiger partial charge is 0.309 e. The van der Waals surface area contributed by atoms with Crippen molar-refractivity contribution < 1.29 is 4.79 Å². The van der Waals surface area contributed by atoms with Crippen molar-refractivity contribution in [2.75, 3.05) is 0 Å². The van der Waals surface area contributed by atoms with Crippen LogP contribution >= 0.6 is 0 Å². The highest BCUT2D eigenvalue weighted by Gasteiger charge is 2.58. The monoisotopic (exact) mass is 313 g/mol. The second kappa shape index (κ2) is 5.29. The number of rotatable bonds is 1. The molecule has 2 nitrogen and oxygen atoms in total. The number of carbonyl (C=O) groups is 1. The number of ketones is 1. The van der Waals surface area contributed by atoms with Crippen LogP contribution in [-0.4, -0.2) is 11.5 Å². The molecule has 0 saturated heterocycles. The van der Waals surface area contributed by atoms with Gasteiger partial charge in [-0.05, 0) is 74.5 Å². The van der Waals surface area contributed by atoms with Crippen LogP contribution in [0.4, 0.5) is 0 Å². The predicted octanol–water partition coefficient (Wildman–Crippen LogP) is 5.03. The van der Waals surface area contributed by atoms with Gasteiger partial charge in [-0.15, -0.1) is 0 Å². The van der Waals surface area contributed by atoms with Gasteiger partial charge in [0.15, 0.2) is 0 Å². The standard InChI is InChI=1S/C21H31NO/c1-4-13-18(22)7-5-15-14-9-10-21(3)17(6-8-19(21)23)16(14)11-12(2)20(13)15/h13-17,20,22H,2,4-11H2,1,3H3/t13-,14?,15?,16?,17?,20?,21-/m0/s1. The number of nitrogens with one attached hydrogen (secondary N) is 1. The van der Waals surface area contributed by atoms with Gasteiger partial charge in [-0.25, -0.2) is 0 Å². The first-order valence-corrected chi connectivity index (χ1v) is 9.75. The summed E-state index contributed by atoms with van der Waals surface area (Å²) in [6.07, 6.45) is 8.69. The molecule has 4 rings (SSSR count). The smallest absolute Gasteiger partial charge is 0.139 e. The lowest BCUT2D eigenvalue weighted by Crippen LogP contribution is -2.51. The fourth-order valence-electron chi connectivity index (χ4n) is 7.12. The third-order valence-corrected chi connectivity index (χ3v) is 8.25. The van der Waals surface area contributed by atoms with E-state index in [1.165, 1.54) is 18.4 Å². The summed E-state index contributed by atoms with van der Waals surface area (Å²) in [4.78, 5) is 12.5. The van der Waals surface area contributed by atoms with E-state index in [2.05, 4.69) is 20.4 Å². The maximum atomic E-state index is 12.5. The molecule has 0 amide bonds. The number of Topliss-reactive ketones (excluding diaryl/α,β-unsaturated/α-hetero) is 1. The quantitative estimate of drug-likeness (QED) is 0.678. The Hall–Kier alpha value is -0.920. The lowest BCUT2D eigenvalue weighted by molar-refractivity contribution is -0.131. The van der Waals surface area contributed by atoms with Gasteiger partial charge in [0.25, 0.3) is 0 Å². The maximum Gasteiger partial charge on any atom is 0.139 e. The van der Waals surface area contributed by atoms with Crippen molar-refractivity contribution in [3.8, 4) is 0 Å². The summed E-state index contributed by atoms with van der Waals surface area (Å²) >= 11 is 0. The van der Waals surface area contributed by atoms with Crippen molar-refractivity contribution in [3.05, 3.63) is 12.2 Å². The number of fused-ring (bicyclic) bond motifs is 5. The van der Waals surface area contributed by atoms with Crippen LogP contribution in [0.25, 0.3) is 0 Å². The molecule has 0 heterocycles. The average molecular weight is 313 g/mol. The summed E-state index contributed by atoms with van der Waals surface area (Å²) < 4.78 is 0. The van der Waals surface area contributed by atoms with Gasteiger partial charge < -0.3 is 5.41 Å². The molecule has 0 aliphatic heterocycles. The van der Waals surface area contributed by atoms with Gasteiger partial charge in [0.2, 0.25) is 0 Å². The molecule has 126 valence electrons. The maximum absolute atomic E-state index is 12.5. The van der Waals surface area contributed by atoms with Gasteiger partial charge in [-0.1, -0.05) is 26.0 Å². The lowest BCUT2D eigenvalue weighted by Gasteiger charge is -2.56. The highest BCUT2D eigenvalue weighted by Crippen LogP contribution is 2.62. The second-order valence-corrected chi connectivity index (χ2v) is 8.98. The van der Waals surface area contributed by atoms with Crippen LogP contribution in [-0.2, 0) is 4.79 Å². The van der Waals surface area contributed by atoms with Gasteiger partial charge in [0, 0.05) is 23.5 Å². The van der Waals surface area contributed by atoms with E-state index in [1.54, 1.807) is 0 Å². The fraction of sp³-hybridized carbons (Fsp3) is 0.810. The van der Waals surface area contributed by atoms with Crippen molar-refractivity contribution in [3.63, 3.8) is 0 Å². The zero-order chi connectivity index (χ0) is 16.4. The van der Waals surface area contributed by atoms with Gasteiger partial charge >= 0.3 is 0 Å². The lowest BCUT2D eigenvalue weighted by atomic mass is 9.48. The summed E-state index contributed by atoms with van der Waals surface area (Å²) in [5.74, 6) is 4.36. The van der Waals surface area contributed by atoms with E-state index >= 15 is 0 Å². The van der Waals surface area contributed by atoms with E-state index in [0.717, 1.165) is 56.1 Å². The Morgan fingerprint density at radius 3 is 2.70 bits per heavy atom. The summed E-state index contributed by atoms with van der Waals surface area (Å²) in [6.45, 7) is 8.99. The van der Waals surface area contributed by atoms with Crippen LogP contribution < -0.4 is 0 Å². The van der Waals surface area contributed by atoms with Gasteiger partial charge in [-0.2, -0.15) is 0 Å². The highest BCUT2D eigenvalue weighted by atomic mass is 16.1. The molecular weight excluding hydrogens is 282 g/mol. The normalized spacial score (nSPS) is 49.6. The molecule has 0 spiro atoms. The third kappa shape index (κ3) is 2.06. The summed E-state index contributed by atoms with van der Waals surface area (Å²) in [5.41, 5.74) is 2.36. The number of carbonyl (C=O) groups excluding carboxylic acids is 1. The molecule has 0 aromatic heterocycles. The van der Waals surface area contributed by atoms with E-state index < -0.39 is 0 Å². The minimum absolute atomic E-state index is 0.0280. The SMILES string of the molecule is C=C1CC2C(CC[C@]3(C)C(=O)CCC23)C2CCC(=N)[C@H](CC)C12. The van der Waals surface area contributed by atoms with Crippen molar-refractivity contribution >= 4 is 11.5 Å². The predicted molar refractivity (Wildman–Crippen MR) is 93.5 cm³/mol. The molecule has 4 fully saturated rings. The third-order valence-electron chi connectivity index (χ3n) is 8.25. The van der Waals surface area contributed by atoms with Crippen LogP contribution in [0.5, 0.6) is 0 Å². The fourth-order valence-corrected chi connectivity index (χ4v) is 7.12. The Bertz CT molecular complexity index is 564. The molecular formula is C21H31NO. The van der Waals surface area contributed by atoms with E-state index in [9.17, 15) is 4.79 Å². The van der Waals surface area contributed by atoms with Crippen LogP contribution in [0.2, 0.25) is 0 Å².